The number of carbonyl (C=O) groups excluding carboxylic acids is 1. The van der Waals surface area contributed by atoms with Crippen LogP contribution in [-0.4, -0.2) is 28.6 Å². The number of nitrogens with two attached hydrogens (primary N) is 1. The van der Waals surface area contributed by atoms with Crippen molar-refractivity contribution in [3.63, 3.8) is 0 Å². The predicted octanol–water partition coefficient (Wildman–Crippen LogP) is 5.29. The van der Waals surface area contributed by atoms with Crippen molar-refractivity contribution < 1.29 is 19.2 Å². The second kappa shape index (κ2) is 8.44. The van der Waals surface area contributed by atoms with Gasteiger partial charge in [-0.2, -0.15) is 0 Å². The fourth-order valence-corrected chi connectivity index (χ4v) is 3.89. The molecule has 0 saturated heterocycles. The van der Waals surface area contributed by atoms with E-state index in [1.54, 1.807) is 18.2 Å². The first kappa shape index (κ1) is 21.2. The molecule has 7 nitrogen and oxygen atoms in total. The van der Waals surface area contributed by atoms with Gasteiger partial charge in [0, 0.05) is 18.2 Å². The maximum absolute atomic E-state index is 12.9. The summed E-state index contributed by atoms with van der Waals surface area (Å²) in [6, 6.07) is 6.35. The lowest BCUT2D eigenvalue weighted by molar-refractivity contribution is 0.0699. The Morgan fingerprint density at radius 1 is 1.28 bits per heavy atom. The van der Waals surface area contributed by atoms with Crippen LogP contribution in [0.2, 0.25) is 10.0 Å². The molecule has 29 heavy (non-hydrogen) atoms. The van der Waals surface area contributed by atoms with Crippen LogP contribution in [0.4, 0.5) is 10.7 Å². The Bertz CT molecular complexity index is 1090. The highest BCUT2D eigenvalue weighted by Crippen LogP contribution is 2.38. The predicted molar refractivity (Wildman–Crippen MR) is 114 cm³/mol. The molecular formula is C19H17Cl2N3O4S. The van der Waals surface area contributed by atoms with Gasteiger partial charge in [-0.3, -0.25) is 4.79 Å². The molecule has 2 aromatic heterocycles. The first-order chi connectivity index (χ1) is 13.7. The van der Waals surface area contributed by atoms with E-state index in [1.165, 1.54) is 6.07 Å². The molecule has 1 aromatic carbocycles. The van der Waals surface area contributed by atoms with E-state index < -0.39 is 11.8 Å². The third kappa shape index (κ3) is 4.39. The van der Waals surface area contributed by atoms with Crippen LogP contribution in [0.15, 0.2) is 28.8 Å². The molecule has 3 aromatic rings. The van der Waals surface area contributed by atoms with Gasteiger partial charge in [-0.1, -0.05) is 48.3 Å². The van der Waals surface area contributed by atoms with E-state index in [0.29, 0.717) is 32.8 Å². The number of aromatic nitrogens is 1. The zero-order valence-electron chi connectivity index (χ0n) is 15.5. The first-order valence-corrected chi connectivity index (χ1v) is 10.1. The molecule has 0 spiro atoms. The molecule has 0 aliphatic rings. The topological polar surface area (TPSA) is 118 Å². The molecule has 0 radical (unpaired) electrons. The smallest absolute Gasteiger partial charge is 0.340 e. The van der Waals surface area contributed by atoms with Gasteiger partial charge in [0.15, 0.2) is 0 Å². The summed E-state index contributed by atoms with van der Waals surface area (Å²) < 4.78 is 5.18. The minimum atomic E-state index is -1.21. The minimum Gasteiger partial charge on any atom is -0.478 e. The van der Waals surface area contributed by atoms with Crippen LogP contribution in [0.25, 0.3) is 11.3 Å². The standard InChI is InChI=1S/C19H17Cl2N3O4S/c1-8(2)7-23-18-14(19(26)27)15(22)17(29-18)16(25)13-6-12(24-28-13)9-3-4-10(20)11(21)5-9/h3-6,8,23H,7,22H2,1-2H3,(H,26,27). The van der Waals surface area contributed by atoms with E-state index in [9.17, 15) is 14.7 Å². The average Bonchev–Trinajstić information content (AvgIpc) is 3.26. The van der Waals surface area contributed by atoms with Crippen molar-refractivity contribution in [1.29, 1.82) is 0 Å². The molecule has 0 fully saturated rings. The fraction of sp³-hybridized carbons (Fsp3) is 0.211. The number of hydrogen-bond donors (Lipinski definition) is 3. The summed E-state index contributed by atoms with van der Waals surface area (Å²) >= 11 is 12.9. The van der Waals surface area contributed by atoms with Crippen molar-refractivity contribution in [2.45, 2.75) is 13.8 Å². The van der Waals surface area contributed by atoms with Gasteiger partial charge >= 0.3 is 5.97 Å². The lowest BCUT2D eigenvalue weighted by atomic mass is 10.1. The number of nitrogens with zero attached hydrogens (tertiary/aromatic N) is 1. The van der Waals surface area contributed by atoms with Crippen LogP contribution in [0.5, 0.6) is 0 Å². The van der Waals surface area contributed by atoms with Gasteiger partial charge in [-0.25, -0.2) is 4.79 Å². The lowest BCUT2D eigenvalue weighted by Crippen LogP contribution is -2.10. The van der Waals surface area contributed by atoms with Crippen LogP contribution in [0.3, 0.4) is 0 Å². The van der Waals surface area contributed by atoms with Crippen molar-refractivity contribution >= 4 is 57.0 Å². The Balaban J connectivity index is 1.94. The summed E-state index contributed by atoms with van der Waals surface area (Å²) in [5.41, 5.74) is 6.76. The normalized spacial score (nSPS) is 11.1. The van der Waals surface area contributed by atoms with Crippen LogP contribution >= 0.6 is 34.5 Å². The molecule has 0 unspecified atom stereocenters. The highest BCUT2D eigenvalue weighted by atomic mass is 35.5. The summed E-state index contributed by atoms with van der Waals surface area (Å²) in [7, 11) is 0. The SMILES string of the molecule is CC(C)CNc1sc(C(=O)c2cc(-c3ccc(Cl)c(Cl)c3)no2)c(N)c1C(=O)O. The fourth-order valence-electron chi connectivity index (χ4n) is 2.53. The van der Waals surface area contributed by atoms with Crippen LogP contribution in [-0.2, 0) is 0 Å². The molecule has 152 valence electrons. The Hall–Kier alpha value is -2.55. The Morgan fingerprint density at radius 2 is 2.00 bits per heavy atom. The van der Waals surface area contributed by atoms with E-state index in [-0.39, 0.29) is 27.8 Å². The molecule has 0 aliphatic heterocycles. The molecule has 0 aliphatic carbocycles. The van der Waals surface area contributed by atoms with E-state index in [0.717, 1.165) is 11.3 Å². The number of anilines is 2. The summed E-state index contributed by atoms with van der Waals surface area (Å²) in [4.78, 5) is 24.6. The Labute approximate surface area is 180 Å². The lowest BCUT2D eigenvalue weighted by Gasteiger charge is -2.07. The van der Waals surface area contributed by atoms with Crippen molar-refractivity contribution in [3.05, 3.63) is 50.5 Å². The minimum absolute atomic E-state index is 0.0635. The number of carboxylic acid groups (broad SMARTS) is 1. The highest BCUT2D eigenvalue weighted by Gasteiger charge is 2.28. The molecule has 0 saturated carbocycles. The third-order valence-electron chi connectivity index (χ3n) is 3.99. The van der Waals surface area contributed by atoms with Gasteiger partial charge in [0.1, 0.15) is 21.1 Å². The second-order valence-electron chi connectivity index (χ2n) is 6.66. The zero-order valence-corrected chi connectivity index (χ0v) is 17.8. The molecule has 2 heterocycles. The van der Waals surface area contributed by atoms with Crippen molar-refractivity contribution in [1.82, 2.24) is 5.16 Å². The van der Waals surface area contributed by atoms with Gasteiger partial charge in [-0.05, 0) is 18.1 Å². The Kier molecular flexibility index (Phi) is 6.16. The molecule has 0 bridgehead atoms. The molecule has 0 atom stereocenters. The van der Waals surface area contributed by atoms with E-state index in [1.807, 2.05) is 13.8 Å². The van der Waals surface area contributed by atoms with Crippen molar-refractivity contribution in [3.8, 4) is 11.3 Å². The number of rotatable bonds is 7. The monoisotopic (exact) mass is 453 g/mol. The average molecular weight is 454 g/mol. The summed E-state index contributed by atoms with van der Waals surface area (Å²) in [5.74, 6) is -1.54. The number of carboxylic acids is 1. The number of nitrogen functional groups attached to an aromatic ring is 1. The van der Waals surface area contributed by atoms with E-state index >= 15 is 0 Å². The summed E-state index contributed by atoms with van der Waals surface area (Å²) in [6.07, 6.45) is 0. The van der Waals surface area contributed by atoms with Crippen LogP contribution in [0.1, 0.15) is 39.6 Å². The Morgan fingerprint density at radius 3 is 2.62 bits per heavy atom. The zero-order chi connectivity index (χ0) is 21.3. The van der Waals surface area contributed by atoms with E-state index in [4.69, 9.17) is 33.5 Å². The first-order valence-electron chi connectivity index (χ1n) is 8.55. The number of halogens is 2. The number of ketones is 1. The largest absolute Gasteiger partial charge is 0.478 e. The highest BCUT2D eigenvalue weighted by molar-refractivity contribution is 7.19. The van der Waals surface area contributed by atoms with Gasteiger partial charge in [-0.15, -0.1) is 11.3 Å². The molecule has 10 heteroatoms. The van der Waals surface area contributed by atoms with Gasteiger partial charge in [0.25, 0.3) is 0 Å². The van der Waals surface area contributed by atoms with E-state index in [2.05, 4.69) is 10.5 Å². The van der Waals surface area contributed by atoms with Crippen LogP contribution in [0, 0.1) is 5.92 Å². The third-order valence-corrected chi connectivity index (χ3v) is 5.89. The number of carbonyl (C=O) groups is 2. The summed E-state index contributed by atoms with van der Waals surface area (Å²) in [6.45, 7) is 4.50. The maximum atomic E-state index is 12.9. The van der Waals surface area contributed by atoms with Gasteiger partial charge < -0.3 is 20.7 Å². The molecular weight excluding hydrogens is 437 g/mol. The maximum Gasteiger partial charge on any atom is 0.340 e. The van der Waals surface area contributed by atoms with Crippen molar-refractivity contribution in [2.75, 3.05) is 17.6 Å². The number of thiophene rings is 1. The number of hydrogen-bond acceptors (Lipinski definition) is 7. The molecule has 0 amide bonds. The number of nitrogens with one attached hydrogen (secondary N) is 1. The van der Waals surface area contributed by atoms with Crippen molar-refractivity contribution in [2.24, 2.45) is 5.92 Å². The van der Waals surface area contributed by atoms with Gasteiger partial charge in [0.05, 0.1) is 15.7 Å². The van der Waals surface area contributed by atoms with Crippen LogP contribution < -0.4 is 11.1 Å². The second-order valence-corrected chi connectivity index (χ2v) is 8.50. The molecule has 4 N–H and O–H groups in total. The molecule has 3 rings (SSSR count). The number of benzene rings is 1. The van der Waals surface area contributed by atoms with Gasteiger partial charge in [0.2, 0.25) is 11.5 Å². The quantitative estimate of drug-likeness (QED) is 0.415. The summed E-state index contributed by atoms with van der Waals surface area (Å²) in [5, 5.41) is 17.5. The number of aromatic carboxylic acids is 1.